The summed E-state index contributed by atoms with van der Waals surface area (Å²) in [6.07, 6.45) is -3.07. The number of rotatable bonds is 4. The zero-order valence-electron chi connectivity index (χ0n) is 23.4. The maximum atomic E-state index is 13.8. The van der Waals surface area contributed by atoms with Crippen molar-refractivity contribution >= 4 is 23.8 Å². The van der Waals surface area contributed by atoms with Crippen molar-refractivity contribution < 1.29 is 55.7 Å². The number of amides is 2. The minimum Gasteiger partial charge on any atom is -0.475 e. The molecule has 4 heterocycles. The summed E-state index contributed by atoms with van der Waals surface area (Å²) in [4.78, 5) is 51.9. The van der Waals surface area contributed by atoms with Crippen molar-refractivity contribution in [2.45, 2.75) is 64.5 Å². The van der Waals surface area contributed by atoms with Gasteiger partial charge < -0.3 is 20.0 Å². The number of nitrogens with zero attached hydrogens (tertiary/aromatic N) is 5. The summed E-state index contributed by atoms with van der Waals surface area (Å²) < 4.78 is 65.5. The number of carboxylic acid groups (broad SMARTS) is 2. The lowest BCUT2D eigenvalue weighted by molar-refractivity contribution is -0.193. The molecule has 43 heavy (non-hydrogen) atoms. The van der Waals surface area contributed by atoms with Crippen molar-refractivity contribution in [3.05, 3.63) is 48.0 Å². The highest BCUT2D eigenvalue weighted by Gasteiger charge is 2.56. The number of aliphatic carboxylic acids is 2. The molecule has 1 spiro atoms. The van der Waals surface area contributed by atoms with Gasteiger partial charge in [0.1, 0.15) is 0 Å². The number of pyridine rings is 1. The molecule has 2 aromatic heterocycles. The normalized spacial score (nSPS) is 20.3. The Labute approximate surface area is 242 Å². The monoisotopic (exact) mass is 623 g/mol. The third kappa shape index (κ3) is 8.90. The van der Waals surface area contributed by atoms with E-state index in [1.807, 2.05) is 38.9 Å². The van der Waals surface area contributed by atoms with Gasteiger partial charge in [0, 0.05) is 69.3 Å². The number of halogens is 6. The van der Waals surface area contributed by atoms with Crippen molar-refractivity contribution in [3.63, 3.8) is 0 Å². The first-order valence-corrected chi connectivity index (χ1v) is 12.9. The van der Waals surface area contributed by atoms with Crippen LogP contribution in [0.25, 0.3) is 0 Å². The van der Waals surface area contributed by atoms with Gasteiger partial charge in [-0.05, 0) is 44.4 Å². The molecule has 2 atom stereocenters. The molecule has 2 aliphatic rings. The van der Waals surface area contributed by atoms with E-state index >= 15 is 0 Å². The van der Waals surface area contributed by atoms with Crippen LogP contribution in [0.15, 0.2) is 36.8 Å². The Hall–Kier alpha value is -4.18. The molecular weight excluding hydrogens is 592 g/mol. The predicted octanol–water partition coefficient (Wildman–Crippen LogP) is 3.88. The van der Waals surface area contributed by atoms with E-state index < -0.39 is 29.7 Å². The highest BCUT2D eigenvalue weighted by Crippen LogP contribution is 2.49. The van der Waals surface area contributed by atoms with Gasteiger partial charge in [0.2, 0.25) is 11.8 Å². The molecule has 2 amide bonds. The van der Waals surface area contributed by atoms with E-state index in [0.717, 1.165) is 30.6 Å². The van der Waals surface area contributed by atoms with Gasteiger partial charge in [-0.15, -0.1) is 0 Å². The highest BCUT2D eigenvalue weighted by atomic mass is 19.4. The number of carboxylic acids is 2. The van der Waals surface area contributed by atoms with Gasteiger partial charge in [-0.3, -0.25) is 19.3 Å². The molecule has 0 radical (unpaired) electrons. The predicted molar refractivity (Wildman–Crippen MR) is 136 cm³/mol. The van der Waals surface area contributed by atoms with Crippen LogP contribution in [0, 0.1) is 5.41 Å². The first-order chi connectivity index (χ1) is 19.8. The highest BCUT2D eigenvalue weighted by molar-refractivity contribution is 5.87. The number of hydrogen-bond acceptors (Lipinski definition) is 6. The third-order valence-electron chi connectivity index (χ3n) is 6.88. The minimum absolute atomic E-state index is 0.0275. The van der Waals surface area contributed by atoms with E-state index in [2.05, 4.69) is 23.9 Å². The third-order valence-corrected chi connectivity index (χ3v) is 6.88. The van der Waals surface area contributed by atoms with Crippen molar-refractivity contribution in [2.24, 2.45) is 5.41 Å². The van der Waals surface area contributed by atoms with Crippen molar-refractivity contribution in [2.75, 3.05) is 19.6 Å². The van der Waals surface area contributed by atoms with Crippen molar-refractivity contribution in [1.29, 1.82) is 0 Å². The van der Waals surface area contributed by atoms with E-state index in [0.29, 0.717) is 19.6 Å². The van der Waals surface area contributed by atoms with Crippen LogP contribution >= 0.6 is 0 Å². The van der Waals surface area contributed by atoms with E-state index in [1.165, 1.54) is 0 Å². The molecule has 4 rings (SSSR count). The summed E-state index contributed by atoms with van der Waals surface area (Å²) in [6, 6.07) is 6.12. The molecule has 2 N–H and O–H groups in total. The quantitative estimate of drug-likeness (QED) is 0.488. The summed E-state index contributed by atoms with van der Waals surface area (Å²) in [5.74, 6) is -5.38. The Morgan fingerprint density at radius 2 is 1.63 bits per heavy atom. The van der Waals surface area contributed by atoms with Crippen LogP contribution in [-0.2, 0) is 25.7 Å². The Kier molecular flexibility index (Phi) is 11.3. The van der Waals surface area contributed by atoms with Gasteiger partial charge in [-0.2, -0.15) is 31.4 Å². The van der Waals surface area contributed by atoms with Crippen LogP contribution in [0.5, 0.6) is 0 Å². The fourth-order valence-corrected chi connectivity index (χ4v) is 5.00. The Bertz CT molecular complexity index is 1260. The summed E-state index contributed by atoms with van der Waals surface area (Å²) in [5, 5.41) is 18.8. The molecule has 2 saturated heterocycles. The molecule has 0 bridgehead atoms. The van der Waals surface area contributed by atoms with Crippen molar-refractivity contribution in [3.8, 4) is 0 Å². The number of likely N-dealkylation sites (tertiary alicyclic amines) is 2. The second-order valence-corrected chi connectivity index (χ2v) is 10.2. The van der Waals surface area contributed by atoms with Gasteiger partial charge in [0.25, 0.3) is 0 Å². The lowest BCUT2D eigenvalue weighted by atomic mass is 9.70. The average Bonchev–Trinajstić information content (AvgIpc) is 3.53. The Morgan fingerprint density at radius 3 is 2.09 bits per heavy atom. The number of piperidine rings is 1. The molecule has 17 heteroatoms. The smallest absolute Gasteiger partial charge is 0.475 e. The van der Waals surface area contributed by atoms with Crippen LogP contribution < -0.4 is 0 Å². The topological polar surface area (TPSA) is 146 Å². The SMILES string of the molecule is CC(=O)N1C[C@@H](c2ccnn2C(C)C)[C@@]2(CCCN(Cc3cccnc3)C2=O)C1.O=C(O)C(F)(F)F.O=C(O)C(F)(F)F. The fraction of sp³-hybridized carbons (Fsp3) is 0.538. The fourth-order valence-electron chi connectivity index (χ4n) is 5.00. The molecule has 0 aromatic carbocycles. The standard InChI is InChI=1S/C22H29N5O2.2C2HF3O2/c1-16(2)27-20(7-10-24-27)19-14-26(17(3)28)15-22(19)8-5-11-25(21(22)29)13-18-6-4-9-23-12-18;2*3-2(4,5)1(6)7/h4,6-7,9-10,12,16,19H,5,8,11,13-15H2,1-3H3;2*(H,6,7)/t19-,22+;;/m0../s1. The zero-order chi connectivity index (χ0) is 32.8. The zero-order valence-corrected chi connectivity index (χ0v) is 23.4. The van der Waals surface area contributed by atoms with Gasteiger partial charge in [0.15, 0.2) is 0 Å². The van der Waals surface area contributed by atoms with Crippen LogP contribution in [0.1, 0.15) is 56.8 Å². The molecule has 0 saturated carbocycles. The molecule has 238 valence electrons. The van der Waals surface area contributed by atoms with E-state index in [-0.39, 0.29) is 23.8 Å². The van der Waals surface area contributed by atoms with Gasteiger partial charge in [-0.1, -0.05) is 6.07 Å². The molecule has 2 aliphatic heterocycles. The molecule has 2 fully saturated rings. The summed E-state index contributed by atoms with van der Waals surface area (Å²) in [5.41, 5.74) is 1.50. The van der Waals surface area contributed by atoms with Crippen LogP contribution in [0.3, 0.4) is 0 Å². The molecular formula is C26H31F6N5O6. The minimum atomic E-state index is -5.08. The van der Waals surface area contributed by atoms with E-state index in [4.69, 9.17) is 19.8 Å². The largest absolute Gasteiger partial charge is 0.490 e. The van der Waals surface area contributed by atoms with Gasteiger partial charge >= 0.3 is 24.3 Å². The maximum Gasteiger partial charge on any atom is 0.490 e. The first-order valence-electron chi connectivity index (χ1n) is 12.9. The summed E-state index contributed by atoms with van der Waals surface area (Å²) >= 11 is 0. The average molecular weight is 624 g/mol. The van der Waals surface area contributed by atoms with Crippen molar-refractivity contribution in [1.82, 2.24) is 24.6 Å². The molecule has 0 aliphatic carbocycles. The number of alkyl halides is 6. The Balaban J connectivity index is 0.000000384. The summed E-state index contributed by atoms with van der Waals surface area (Å²) in [7, 11) is 0. The van der Waals surface area contributed by atoms with Gasteiger partial charge in [-0.25, -0.2) is 9.59 Å². The first kappa shape index (κ1) is 35.0. The second kappa shape index (κ2) is 13.9. The molecule has 2 aromatic rings. The number of carbonyl (C=O) groups is 4. The lowest BCUT2D eigenvalue weighted by Gasteiger charge is -2.42. The van der Waals surface area contributed by atoms with Crippen LogP contribution in [0.2, 0.25) is 0 Å². The van der Waals surface area contributed by atoms with Crippen LogP contribution in [0.4, 0.5) is 26.3 Å². The van der Waals surface area contributed by atoms with Crippen LogP contribution in [-0.4, -0.2) is 90.5 Å². The number of hydrogen-bond donors (Lipinski definition) is 2. The maximum absolute atomic E-state index is 13.8. The number of aromatic nitrogens is 3. The molecule has 0 unspecified atom stereocenters. The number of carbonyl (C=O) groups excluding carboxylic acids is 2. The second-order valence-electron chi connectivity index (χ2n) is 10.2. The lowest BCUT2D eigenvalue weighted by Crippen LogP contribution is -2.52. The Morgan fingerprint density at radius 1 is 1.05 bits per heavy atom. The summed E-state index contributed by atoms with van der Waals surface area (Å²) in [6.45, 7) is 8.14. The van der Waals surface area contributed by atoms with E-state index in [9.17, 15) is 35.9 Å². The molecule has 11 nitrogen and oxygen atoms in total. The van der Waals surface area contributed by atoms with E-state index in [1.54, 1.807) is 19.3 Å². The van der Waals surface area contributed by atoms with Gasteiger partial charge in [0.05, 0.1) is 5.41 Å².